The van der Waals surface area contributed by atoms with Crippen molar-refractivity contribution >= 4 is 15.7 Å². The van der Waals surface area contributed by atoms with Crippen molar-refractivity contribution in [3.63, 3.8) is 0 Å². The number of nitrogen functional groups attached to an aromatic ring is 1. The summed E-state index contributed by atoms with van der Waals surface area (Å²) in [6.07, 6.45) is 1.04. The number of nitrogens with zero attached hydrogens (tertiary/aromatic N) is 1. The maximum absolute atomic E-state index is 12.5. The minimum absolute atomic E-state index is 0.359. The van der Waals surface area contributed by atoms with E-state index in [9.17, 15) is 8.42 Å². The molecule has 0 amide bonds. The van der Waals surface area contributed by atoms with Crippen molar-refractivity contribution in [1.29, 1.82) is 0 Å². The second kappa shape index (κ2) is 5.71. The third-order valence-corrected chi connectivity index (χ3v) is 5.53. The van der Waals surface area contributed by atoms with Crippen LogP contribution in [0.15, 0.2) is 17.0 Å². The van der Waals surface area contributed by atoms with Crippen LogP contribution >= 0.6 is 0 Å². The third-order valence-electron chi connectivity index (χ3n) is 3.80. The van der Waals surface area contributed by atoms with Gasteiger partial charge in [-0.25, -0.2) is 13.1 Å². The van der Waals surface area contributed by atoms with Gasteiger partial charge in [0.05, 0.1) is 4.90 Å². The SMILES string of the molecule is Cc1cc(N)cc(C)c1S(=O)(=O)NCC1CCN(C)C1. The molecule has 1 aromatic carbocycles. The molecule has 1 fully saturated rings. The predicted molar refractivity (Wildman–Crippen MR) is 81.1 cm³/mol. The van der Waals surface area contributed by atoms with Crippen LogP contribution in [0, 0.1) is 19.8 Å². The van der Waals surface area contributed by atoms with Gasteiger partial charge in [-0.2, -0.15) is 0 Å². The van der Waals surface area contributed by atoms with Gasteiger partial charge in [-0.1, -0.05) is 0 Å². The average Bonchev–Trinajstić information content (AvgIpc) is 2.71. The number of benzene rings is 1. The van der Waals surface area contributed by atoms with E-state index in [1.54, 1.807) is 26.0 Å². The Kier molecular flexibility index (Phi) is 4.36. The van der Waals surface area contributed by atoms with Crippen molar-refractivity contribution < 1.29 is 8.42 Å². The summed E-state index contributed by atoms with van der Waals surface area (Å²) in [7, 11) is -1.41. The topological polar surface area (TPSA) is 75.4 Å². The molecule has 1 aliphatic rings. The molecule has 1 atom stereocenters. The summed E-state index contributed by atoms with van der Waals surface area (Å²) in [6.45, 7) is 6.03. The number of sulfonamides is 1. The Morgan fingerprint density at radius 2 is 1.95 bits per heavy atom. The number of hydrogen-bond acceptors (Lipinski definition) is 4. The van der Waals surface area contributed by atoms with Crippen molar-refractivity contribution in [3.8, 4) is 0 Å². The molecule has 0 spiro atoms. The zero-order valence-corrected chi connectivity index (χ0v) is 13.1. The van der Waals surface area contributed by atoms with Gasteiger partial charge < -0.3 is 10.6 Å². The van der Waals surface area contributed by atoms with E-state index in [4.69, 9.17) is 5.73 Å². The van der Waals surface area contributed by atoms with Gasteiger partial charge in [0.25, 0.3) is 0 Å². The van der Waals surface area contributed by atoms with E-state index in [1.165, 1.54) is 0 Å². The van der Waals surface area contributed by atoms with Crippen molar-refractivity contribution in [1.82, 2.24) is 9.62 Å². The molecule has 0 aromatic heterocycles. The first kappa shape index (κ1) is 15.3. The van der Waals surface area contributed by atoms with Crippen molar-refractivity contribution in [3.05, 3.63) is 23.3 Å². The van der Waals surface area contributed by atoms with Gasteiger partial charge in [0.15, 0.2) is 0 Å². The number of aryl methyl sites for hydroxylation is 2. The van der Waals surface area contributed by atoms with Crippen LogP contribution in [0.5, 0.6) is 0 Å². The largest absolute Gasteiger partial charge is 0.399 e. The highest BCUT2D eigenvalue weighted by atomic mass is 32.2. The number of nitrogens with one attached hydrogen (secondary N) is 1. The van der Waals surface area contributed by atoms with Gasteiger partial charge in [-0.05, 0) is 63.0 Å². The second-order valence-electron chi connectivity index (χ2n) is 5.75. The Labute approximate surface area is 121 Å². The summed E-state index contributed by atoms with van der Waals surface area (Å²) in [6, 6.07) is 3.40. The van der Waals surface area contributed by atoms with Crippen LogP contribution in [0.25, 0.3) is 0 Å². The van der Waals surface area contributed by atoms with Gasteiger partial charge in [0, 0.05) is 18.8 Å². The summed E-state index contributed by atoms with van der Waals surface area (Å²) in [5.74, 6) is 0.393. The zero-order chi connectivity index (χ0) is 14.9. The molecule has 0 saturated carbocycles. The molecule has 6 heteroatoms. The Morgan fingerprint density at radius 1 is 1.35 bits per heavy atom. The molecule has 1 heterocycles. The van der Waals surface area contributed by atoms with Crippen LogP contribution in [0.4, 0.5) is 5.69 Å². The van der Waals surface area contributed by atoms with E-state index in [0.717, 1.165) is 19.5 Å². The van der Waals surface area contributed by atoms with E-state index in [2.05, 4.69) is 16.7 Å². The Morgan fingerprint density at radius 3 is 2.45 bits per heavy atom. The molecule has 5 nitrogen and oxygen atoms in total. The Balaban J connectivity index is 2.15. The number of anilines is 1. The summed E-state index contributed by atoms with van der Waals surface area (Å²) in [5.41, 5.74) is 7.72. The molecule has 2 rings (SSSR count). The van der Waals surface area contributed by atoms with E-state index in [-0.39, 0.29) is 0 Å². The quantitative estimate of drug-likeness (QED) is 0.817. The lowest BCUT2D eigenvalue weighted by Gasteiger charge is -2.15. The van der Waals surface area contributed by atoms with Gasteiger partial charge >= 0.3 is 0 Å². The first-order valence-corrected chi connectivity index (χ1v) is 8.33. The second-order valence-corrected chi connectivity index (χ2v) is 7.46. The minimum atomic E-state index is -3.47. The molecule has 1 aromatic rings. The monoisotopic (exact) mass is 297 g/mol. The molecule has 1 aliphatic heterocycles. The van der Waals surface area contributed by atoms with E-state index in [1.807, 2.05) is 0 Å². The maximum Gasteiger partial charge on any atom is 0.241 e. The summed E-state index contributed by atoms with van der Waals surface area (Å²) in [4.78, 5) is 2.58. The molecule has 0 radical (unpaired) electrons. The Bertz CT molecular complexity index is 575. The smallest absolute Gasteiger partial charge is 0.241 e. The van der Waals surface area contributed by atoms with Gasteiger partial charge in [-0.15, -0.1) is 0 Å². The summed E-state index contributed by atoms with van der Waals surface area (Å²) < 4.78 is 27.7. The number of hydrogen-bond donors (Lipinski definition) is 2. The van der Waals surface area contributed by atoms with Crippen LogP contribution in [-0.2, 0) is 10.0 Å². The molecule has 112 valence electrons. The van der Waals surface area contributed by atoms with Crippen molar-refractivity contribution in [2.45, 2.75) is 25.2 Å². The van der Waals surface area contributed by atoms with Crippen LogP contribution in [0.1, 0.15) is 17.5 Å². The van der Waals surface area contributed by atoms with E-state index in [0.29, 0.717) is 34.2 Å². The molecule has 1 saturated heterocycles. The van der Waals surface area contributed by atoms with Crippen LogP contribution in [0.3, 0.4) is 0 Å². The van der Waals surface area contributed by atoms with Crippen LogP contribution in [0.2, 0.25) is 0 Å². The highest BCUT2D eigenvalue weighted by molar-refractivity contribution is 7.89. The highest BCUT2D eigenvalue weighted by Crippen LogP contribution is 2.23. The molecule has 0 aliphatic carbocycles. The lowest BCUT2D eigenvalue weighted by molar-refractivity contribution is 0.394. The molecule has 1 unspecified atom stereocenters. The molecule has 20 heavy (non-hydrogen) atoms. The van der Waals surface area contributed by atoms with Crippen molar-refractivity contribution in [2.75, 3.05) is 32.4 Å². The first-order chi connectivity index (χ1) is 9.29. The third kappa shape index (κ3) is 3.31. The van der Waals surface area contributed by atoms with Crippen molar-refractivity contribution in [2.24, 2.45) is 5.92 Å². The van der Waals surface area contributed by atoms with E-state index >= 15 is 0 Å². The molecule has 3 N–H and O–H groups in total. The number of rotatable bonds is 4. The fraction of sp³-hybridized carbons (Fsp3) is 0.571. The van der Waals surface area contributed by atoms with Gasteiger partial charge in [0.1, 0.15) is 0 Å². The Hall–Kier alpha value is -1.11. The zero-order valence-electron chi connectivity index (χ0n) is 12.3. The normalized spacial score (nSPS) is 20.4. The van der Waals surface area contributed by atoms with Crippen LogP contribution < -0.4 is 10.5 Å². The standard InChI is InChI=1S/C14H23N3O2S/c1-10-6-13(15)7-11(2)14(10)20(18,19)16-8-12-4-5-17(3)9-12/h6-7,12,16H,4-5,8-9,15H2,1-3H3. The number of likely N-dealkylation sites (tertiary alicyclic amines) is 1. The van der Waals surface area contributed by atoms with Gasteiger partial charge in [0.2, 0.25) is 10.0 Å². The maximum atomic E-state index is 12.5. The fourth-order valence-electron chi connectivity index (χ4n) is 2.90. The summed E-state index contributed by atoms with van der Waals surface area (Å²) >= 11 is 0. The molecular weight excluding hydrogens is 274 g/mol. The molecular formula is C14H23N3O2S. The lowest BCUT2D eigenvalue weighted by Crippen LogP contribution is -2.31. The van der Waals surface area contributed by atoms with Gasteiger partial charge in [-0.3, -0.25) is 0 Å². The minimum Gasteiger partial charge on any atom is -0.399 e. The number of nitrogens with two attached hydrogens (primary N) is 1. The first-order valence-electron chi connectivity index (χ1n) is 6.84. The van der Waals surface area contributed by atoms with Crippen LogP contribution in [-0.4, -0.2) is 40.0 Å². The predicted octanol–water partition coefficient (Wildman–Crippen LogP) is 1.12. The highest BCUT2D eigenvalue weighted by Gasteiger charge is 2.24. The summed E-state index contributed by atoms with van der Waals surface area (Å²) in [5, 5.41) is 0. The fourth-order valence-corrected chi connectivity index (χ4v) is 4.47. The lowest BCUT2D eigenvalue weighted by atomic mass is 10.1. The van der Waals surface area contributed by atoms with E-state index < -0.39 is 10.0 Å². The average molecular weight is 297 g/mol. The molecule has 0 bridgehead atoms.